The summed E-state index contributed by atoms with van der Waals surface area (Å²) in [7, 11) is 0. The molecule has 2 heteroatoms. The third-order valence-electron chi connectivity index (χ3n) is 3.81. The van der Waals surface area contributed by atoms with Crippen LogP contribution in [-0.4, -0.2) is 12.2 Å². The van der Waals surface area contributed by atoms with Crippen molar-refractivity contribution in [2.45, 2.75) is 60.0 Å². The third-order valence-corrected chi connectivity index (χ3v) is 3.81. The maximum atomic E-state index is 5.94. The second kappa shape index (κ2) is 6.82. The van der Waals surface area contributed by atoms with Crippen LogP contribution >= 0.6 is 0 Å². The minimum absolute atomic E-state index is 0.102. The normalized spacial score (nSPS) is 17.2. The van der Waals surface area contributed by atoms with Crippen molar-refractivity contribution in [1.29, 1.82) is 0 Å². The first-order valence-electron chi connectivity index (χ1n) is 8.43. The molecule has 0 aromatic heterocycles. The van der Waals surface area contributed by atoms with Gasteiger partial charge in [-0.25, -0.2) is 0 Å². The van der Waals surface area contributed by atoms with E-state index in [-0.39, 0.29) is 5.60 Å². The quantitative estimate of drug-likeness (QED) is 0.647. The Kier molecular flexibility index (Phi) is 5.23. The van der Waals surface area contributed by atoms with Crippen molar-refractivity contribution in [3.8, 4) is 11.5 Å². The topological polar surface area (TPSA) is 18.5 Å². The van der Waals surface area contributed by atoms with Crippen LogP contribution in [0.25, 0.3) is 0 Å². The van der Waals surface area contributed by atoms with Gasteiger partial charge in [-0.3, -0.25) is 0 Å². The van der Waals surface area contributed by atoms with Crippen molar-refractivity contribution < 1.29 is 9.47 Å². The molecule has 1 aromatic carbocycles. The molecule has 0 bridgehead atoms. The van der Waals surface area contributed by atoms with Gasteiger partial charge in [0, 0.05) is 12.5 Å². The first kappa shape index (κ1) is 17.7. The number of hydrogen-bond acceptors (Lipinski definition) is 2. The van der Waals surface area contributed by atoms with Crippen molar-refractivity contribution in [2.24, 2.45) is 5.41 Å². The van der Waals surface area contributed by atoms with Crippen molar-refractivity contribution in [2.75, 3.05) is 6.61 Å². The number of hydrogen-bond donors (Lipinski definition) is 0. The molecule has 0 spiro atoms. The lowest BCUT2D eigenvalue weighted by Crippen LogP contribution is -2.24. The average Bonchev–Trinajstić information content (AvgIpc) is 2.70. The Bertz CT molecular complexity index is 601. The van der Waals surface area contributed by atoms with E-state index in [0.29, 0.717) is 12.0 Å². The minimum atomic E-state index is -0.102. The Balaban J connectivity index is 1.86. The van der Waals surface area contributed by atoms with Crippen LogP contribution in [0.5, 0.6) is 11.5 Å². The summed E-state index contributed by atoms with van der Waals surface area (Å²) >= 11 is 0. The van der Waals surface area contributed by atoms with Gasteiger partial charge in [-0.05, 0) is 50.3 Å². The van der Waals surface area contributed by atoms with Crippen LogP contribution in [0, 0.1) is 5.41 Å². The van der Waals surface area contributed by atoms with Crippen LogP contribution in [0.4, 0.5) is 0 Å². The molecule has 0 unspecified atom stereocenters. The Labute approximate surface area is 141 Å². The number of ether oxygens (including phenoxy) is 2. The zero-order valence-electron chi connectivity index (χ0n) is 15.4. The van der Waals surface area contributed by atoms with E-state index >= 15 is 0 Å². The third kappa shape index (κ3) is 5.78. The zero-order chi connectivity index (χ0) is 17.1. The predicted molar refractivity (Wildman–Crippen MR) is 97.3 cm³/mol. The first-order valence-corrected chi connectivity index (χ1v) is 8.43. The van der Waals surface area contributed by atoms with Crippen LogP contribution < -0.4 is 9.47 Å². The van der Waals surface area contributed by atoms with E-state index in [2.05, 4.69) is 65.8 Å². The molecule has 126 valence electrons. The van der Waals surface area contributed by atoms with Gasteiger partial charge in [-0.1, -0.05) is 44.6 Å². The highest BCUT2D eigenvalue weighted by Crippen LogP contribution is 2.37. The number of rotatable bonds is 5. The molecule has 1 aromatic rings. The van der Waals surface area contributed by atoms with E-state index in [1.165, 1.54) is 11.1 Å². The van der Waals surface area contributed by atoms with Gasteiger partial charge in [0.25, 0.3) is 0 Å². The summed E-state index contributed by atoms with van der Waals surface area (Å²) in [4.78, 5) is 0. The van der Waals surface area contributed by atoms with E-state index in [4.69, 9.17) is 9.47 Å². The van der Waals surface area contributed by atoms with Gasteiger partial charge >= 0.3 is 0 Å². The summed E-state index contributed by atoms with van der Waals surface area (Å²) in [6, 6.07) is 6.14. The van der Waals surface area contributed by atoms with Crippen LogP contribution in [0.2, 0.25) is 0 Å². The maximum absolute atomic E-state index is 5.94. The summed E-state index contributed by atoms with van der Waals surface area (Å²) in [5.41, 5.74) is 2.73. The lowest BCUT2D eigenvalue weighted by Gasteiger charge is -2.16. The molecule has 2 nitrogen and oxygen atoms in total. The lowest BCUT2D eigenvalue weighted by molar-refractivity contribution is 0.138. The molecule has 0 saturated carbocycles. The highest BCUT2D eigenvalue weighted by atomic mass is 16.5. The average molecular weight is 314 g/mol. The molecule has 0 N–H and O–H groups in total. The maximum Gasteiger partial charge on any atom is 0.127 e. The van der Waals surface area contributed by atoms with Crippen LogP contribution in [0.3, 0.4) is 0 Å². The highest BCUT2D eigenvalue weighted by Gasteiger charge is 2.29. The zero-order valence-corrected chi connectivity index (χ0v) is 15.4. The molecule has 0 amide bonds. The second-order valence-corrected chi connectivity index (χ2v) is 8.23. The van der Waals surface area contributed by atoms with Crippen molar-refractivity contribution in [3.63, 3.8) is 0 Å². The molecule has 0 atom stereocenters. The van der Waals surface area contributed by atoms with Gasteiger partial charge in [-0.2, -0.15) is 0 Å². The summed E-state index contributed by atoms with van der Waals surface area (Å²) in [6.07, 6.45) is 8.55. The van der Waals surface area contributed by atoms with E-state index in [1.807, 2.05) is 12.1 Å². The second-order valence-electron chi connectivity index (χ2n) is 8.23. The smallest absolute Gasteiger partial charge is 0.127 e. The first-order chi connectivity index (χ1) is 10.6. The number of benzene rings is 1. The fraction of sp³-hybridized carbons (Fsp3) is 0.524. The predicted octanol–water partition coefficient (Wildman–Crippen LogP) is 5.72. The molecular formula is C21H30O2. The van der Waals surface area contributed by atoms with Gasteiger partial charge in [0.05, 0.1) is 0 Å². The van der Waals surface area contributed by atoms with Crippen LogP contribution in [0.1, 0.15) is 53.5 Å². The van der Waals surface area contributed by atoms with Gasteiger partial charge < -0.3 is 9.47 Å². The van der Waals surface area contributed by atoms with Crippen molar-refractivity contribution >= 4 is 0 Å². The molecule has 1 aliphatic heterocycles. The van der Waals surface area contributed by atoms with Gasteiger partial charge in [-0.15, -0.1) is 0 Å². The summed E-state index contributed by atoms with van der Waals surface area (Å²) < 4.78 is 11.8. The molecule has 0 radical (unpaired) electrons. The molecule has 0 fully saturated rings. The fourth-order valence-electron chi connectivity index (χ4n) is 2.59. The molecule has 1 heterocycles. The minimum Gasteiger partial charge on any atom is -0.489 e. The monoisotopic (exact) mass is 314 g/mol. The lowest BCUT2D eigenvalue weighted by atomic mass is 9.92. The number of fused-ring (bicyclic) bond motifs is 1. The van der Waals surface area contributed by atoms with Crippen molar-refractivity contribution in [3.05, 3.63) is 47.6 Å². The van der Waals surface area contributed by atoms with Gasteiger partial charge in [0.15, 0.2) is 0 Å². The Morgan fingerprint density at radius 1 is 1.30 bits per heavy atom. The Morgan fingerprint density at radius 2 is 2.04 bits per heavy atom. The van der Waals surface area contributed by atoms with E-state index in [1.54, 1.807) is 0 Å². The van der Waals surface area contributed by atoms with E-state index < -0.39 is 0 Å². The van der Waals surface area contributed by atoms with Gasteiger partial charge in [0.2, 0.25) is 0 Å². The van der Waals surface area contributed by atoms with Crippen LogP contribution in [0.15, 0.2) is 42.0 Å². The SMILES string of the molecule is CC(/C=C/CC(C)(C)C)=C\COc1ccc2c(c1)OC(C)(C)C2. The summed E-state index contributed by atoms with van der Waals surface area (Å²) in [5, 5.41) is 0. The Hall–Kier alpha value is -1.70. The molecule has 23 heavy (non-hydrogen) atoms. The summed E-state index contributed by atoms with van der Waals surface area (Å²) in [6.45, 7) is 13.7. The molecule has 2 rings (SSSR count). The number of allylic oxidation sites excluding steroid dienone is 3. The standard InChI is InChI=1S/C21H30O2/c1-16(8-7-12-20(2,3)4)11-13-22-18-10-9-17-15-21(5,6)23-19(17)14-18/h7-11,14H,12-13,15H2,1-6H3/b8-7+,16-11+. The fourth-order valence-corrected chi connectivity index (χ4v) is 2.59. The van der Waals surface area contributed by atoms with E-state index in [0.717, 1.165) is 24.3 Å². The van der Waals surface area contributed by atoms with Gasteiger partial charge in [0.1, 0.15) is 23.7 Å². The summed E-state index contributed by atoms with van der Waals surface area (Å²) in [5.74, 6) is 1.82. The highest BCUT2D eigenvalue weighted by molar-refractivity contribution is 5.44. The molecular weight excluding hydrogens is 284 g/mol. The van der Waals surface area contributed by atoms with E-state index in [9.17, 15) is 0 Å². The van der Waals surface area contributed by atoms with Crippen molar-refractivity contribution in [1.82, 2.24) is 0 Å². The van der Waals surface area contributed by atoms with Crippen LogP contribution in [-0.2, 0) is 6.42 Å². The molecule has 0 saturated heterocycles. The molecule has 0 aliphatic carbocycles. The molecule has 1 aliphatic rings. The Morgan fingerprint density at radius 3 is 2.74 bits per heavy atom. The largest absolute Gasteiger partial charge is 0.489 e.